The molecule has 1 aromatic carbocycles. The number of benzene rings is 1. The molecule has 1 fully saturated rings. The van der Waals surface area contributed by atoms with Crippen molar-refractivity contribution in [2.24, 2.45) is 5.92 Å². The van der Waals surface area contributed by atoms with Gasteiger partial charge in [-0.25, -0.2) is 9.37 Å². The first-order chi connectivity index (χ1) is 13.5. The Bertz CT molecular complexity index is 802. The minimum Gasteiger partial charge on any atom is -0.394 e. The molecule has 1 aliphatic rings. The van der Waals surface area contributed by atoms with Gasteiger partial charge in [-0.3, -0.25) is 4.79 Å². The Hall–Kier alpha value is -2.47. The van der Waals surface area contributed by atoms with Crippen LogP contribution in [0.5, 0.6) is 0 Å². The van der Waals surface area contributed by atoms with E-state index in [1.165, 1.54) is 12.1 Å². The molecule has 0 saturated carbocycles. The molecule has 150 valence electrons. The third-order valence-corrected chi connectivity index (χ3v) is 5.00. The van der Waals surface area contributed by atoms with Gasteiger partial charge in [0.25, 0.3) is 5.91 Å². The summed E-state index contributed by atoms with van der Waals surface area (Å²) in [7, 11) is 0. The average Bonchev–Trinajstić information content (AvgIpc) is 3.21. The third kappa shape index (κ3) is 4.87. The number of aliphatic hydroxyl groups is 1. The summed E-state index contributed by atoms with van der Waals surface area (Å²) in [6, 6.07) is 7.78. The minimum absolute atomic E-state index is 0.103. The fourth-order valence-corrected chi connectivity index (χ4v) is 3.62. The number of hydrogen-bond acceptors (Lipinski definition) is 4. The number of carbonyl (C=O) groups is 1. The van der Waals surface area contributed by atoms with Crippen molar-refractivity contribution in [3.8, 4) is 11.1 Å². The van der Waals surface area contributed by atoms with Crippen LogP contribution < -0.4 is 10.2 Å². The van der Waals surface area contributed by atoms with E-state index in [2.05, 4.69) is 15.2 Å². The molecule has 0 radical (unpaired) electrons. The fraction of sp³-hybridized carbons (Fsp3) is 0.455. The lowest BCUT2D eigenvalue weighted by atomic mass is 10.0. The Morgan fingerprint density at radius 3 is 2.54 bits per heavy atom. The molecule has 1 aromatic heterocycles. The van der Waals surface area contributed by atoms with Crippen LogP contribution in [0.15, 0.2) is 36.5 Å². The molecule has 0 spiro atoms. The van der Waals surface area contributed by atoms with E-state index in [-0.39, 0.29) is 24.4 Å². The van der Waals surface area contributed by atoms with E-state index < -0.39 is 0 Å². The molecule has 28 heavy (non-hydrogen) atoms. The van der Waals surface area contributed by atoms with Gasteiger partial charge in [-0.1, -0.05) is 26.0 Å². The van der Waals surface area contributed by atoms with Gasteiger partial charge in [-0.2, -0.15) is 0 Å². The maximum atomic E-state index is 13.4. The van der Waals surface area contributed by atoms with Crippen molar-refractivity contribution in [2.75, 3.05) is 24.6 Å². The molecule has 1 amide bonds. The molecule has 0 aliphatic carbocycles. The van der Waals surface area contributed by atoms with Gasteiger partial charge in [-0.05, 0) is 48.9 Å². The number of rotatable bonds is 7. The molecule has 1 saturated heterocycles. The molecule has 6 heteroatoms. The predicted molar refractivity (Wildman–Crippen MR) is 109 cm³/mol. The molecule has 5 nitrogen and oxygen atoms in total. The lowest BCUT2D eigenvalue weighted by Crippen LogP contribution is -2.38. The second-order valence-corrected chi connectivity index (χ2v) is 7.78. The Labute approximate surface area is 165 Å². The van der Waals surface area contributed by atoms with Crippen LogP contribution in [0.3, 0.4) is 0 Å². The standard InChI is InChI=1S/C22H28FN3O2/c1-15(2)11-19(14-27)25-22(28)17-12-20(16-5-7-18(23)8-6-16)21(24-13-17)26-9-3-4-10-26/h5-8,12-13,15,19,27H,3-4,9-11,14H2,1-2H3,(H,25,28)/t19-/m1/s1. The van der Waals surface area contributed by atoms with Crippen molar-refractivity contribution in [3.05, 3.63) is 47.9 Å². The number of nitrogens with zero attached hydrogens (tertiary/aromatic N) is 2. The summed E-state index contributed by atoms with van der Waals surface area (Å²) in [5.41, 5.74) is 2.08. The Kier molecular flexibility index (Phi) is 6.62. The molecule has 1 aliphatic heterocycles. The molecule has 2 N–H and O–H groups in total. The van der Waals surface area contributed by atoms with Crippen molar-refractivity contribution in [2.45, 2.75) is 39.2 Å². The summed E-state index contributed by atoms with van der Waals surface area (Å²) in [5, 5.41) is 12.4. The fourth-order valence-electron chi connectivity index (χ4n) is 3.62. The summed E-state index contributed by atoms with van der Waals surface area (Å²) in [6.45, 7) is 5.84. The average molecular weight is 385 g/mol. The van der Waals surface area contributed by atoms with Crippen molar-refractivity contribution in [1.82, 2.24) is 10.3 Å². The molecular weight excluding hydrogens is 357 g/mol. The number of nitrogens with one attached hydrogen (secondary N) is 1. The molecule has 0 unspecified atom stereocenters. The number of hydrogen-bond donors (Lipinski definition) is 2. The van der Waals surface area contributed by atoms with Crippen LogP contribution in [0.4, 0.5) is 10.2 Å². The minimum atomic E-state index is -0.298. The topological polar surface area (TPSA) is 65.5 Å². The van der Waals surface area contributed by atoms with Crippen molar-refractivity contribution in [3.63, 3.8) is 0 Å². The monoisotopic (exact) mass is 385 g/mol. The normalized spacial score (nSPS) is 15.1. The second kappa shape index (κ2) is 9.15. The van der Waals surface area contributed by atoms with E-state index >= 15 is 0 Å². The van der Waals surface area contributed by atoms with E-state index in [1.807, 2.05) is 19.9 Å². The van der Waals surface area contributed by atoms with E-state index in [4.69, 9.17) is 0 Å². The highest BCUT2D eigenvalue weighted by Gasteiger charge is 2.21. The molecule has 2 aromatic rings. The Morgan fingerprint density at radius 1 is 1.25 bits per heavy atom. The number of aromatic nitrogens is 1. The van der Waals surface area contributed by atoms with Crippen LogP contribution in [0.2, 0.25) is 0 Å². The second-order valence-electron chi connectivity index (χ2n) is 7.78. The van der Waals surface area contributed by atoms with Gasteiger partial charge in [0.2, 0.25) is 0 Å². The zero-order valence-electron chi connectivity index (χ0n) is 16.5. The van der Waals surface area contributed by atoms with Gasteiger partial charge >= 0.3 is 0 Å². The maximum Gasteiger partial charge on any atom is 0.253 e. The number of anilines is 1. The highest BCUT2D eigenvalue weighted by molar-refractivity contribution is 5.96. The van der Waals surface area contributed by atoms with Crippen molar-refractivity contribution < 1.29 is 14.3 Å². The summed E-state index contributed by atoms with van der Waals surface area (Å²) in [5.74, 6) is 0.626. The number of carbonyl (C=O) groups excluding carboxylic acids is 1. The van der Waals surface area contributed by atoms with Gasteiger partial charge in [0.1, 0.15) is 11.6 Å². The molecule has 2 heterocycles. The highest BCUT2D eigenvalue weighted by atomic mass is 19.1. The molecule has 1 atom stereocenters. The van der Waals surface area contributed by atoms with Crippen molar-refractivity contribution >= 4 is 11.7 Å². The van der Waals surface area contributed by atoms with E-state index in [0.717, 1.165) is 42.9 Å². The van der Waals surface area contributed by atoms with E-state index in [1.54, 1.807) is 18.3 Å². The van der Waals surface area contributed by atoms with Crippen molar-refractivity contribution in [1.29, 1.82) is 0 Å². The summed E-state index contributed by atoms with van der Waals surface area (Å²) < 4.78 is 13.4. The molecular formula is C22H28FN3O2. The van der Waals surface area contributed by atoms with Gasteiger partial charge in [0.05, 0.1) is 18.2 Å². The van der Waals surface area contributed by atoms with Crippen LogP contribution in [0, 0.1) is 11.7 Å². The largest absolute Gasteiger partial charge is 0.394 e. The lowest BCUT2D eigenvalue weighted by Gasteiger charge is -2.22. The number of amides is 1. The first-order valence-corrected chi connectivity index (χ1v) is 9.90. The smallest absolute Gasteiger partial charge is 0.253 e. The lowest BCUT2D eigenvalue weighted by molar-refractivity contribution is 0.0908. The van der Waals surface area contributed by atoms with Crippen LogP contribution in [0.1, 0.15) is 43.5 Å². The summed E-state index contributed by atoms with van der Waals surface area (Å²) in [6.07, 6.45) is 4.51. The van der Waals surface area contributed by atoms with Gasteiger partial charge < -0.3 is 15.3 Å². The van der Waals surface area contributed by atoms with Gasteiger partial charge in [0, 0.05) is 24.8 Å². The highest BCUT2D eigenvalue weighted by Crippen LogP contribution is 2.32. The Balaban J connectivity index is 1.91. The quantitative estimate of drug-likeness (QED) is 0.764. The predicted octanol–water partition coefficient (Wildman–Crippen LogP) is 3.62. The first kappa shape index (κ1) is 20.3. The first-order valence-electron chi connectivity index (χ1n) is 9.90. The van der Waals surface area contributed by atoms with Gasteiger partial charge in [0.15, 0.2) is 0 Å². The van der Waals surface area contributed by atoms with Crippen LogP contribution >= 0.6 is 0 Å². The summed E-state index contributed by atoms with van der Waals surface area (Å²) >= 11 is 0. The number of halogens is 1. The summed E-state index contributed by atoms with van der Waals surface area (Å²) in [4.78, 5) is 19.5. The Morgan fingerprint density at radius 2 is 1.93 bits per heavy atom. The SMILES string of the molecule is CC(C)C[C@H](CO)NC(=O)c1cnc(N2CCCC2)c(-c2ccc(F)cc2)c1. The molecule has 0 bridgehead atoms. The maximum absolute atomic E-state index is 13.4. The number of pyridine rings is 1. The molecule has 3 rings (SSSR count). The van der Waals surface area contributed by atoms with Crippen LogP contribution in [0.25, 0.3) is 11.1 Å². The van der Waals surface area contributed by atoms with Gasteiger partial charge in [-0.15, -0.1) is 0 Å². The van der Waals surface area contributed by atoms with E-state index in [0.29, 0.717) is 17.9 Å². The van der Waals surface area contributed by atoms with E-state index in [9.17, 15) is 14.3 Å². The van der Waals surface area contributed by atoms with Crippen LogP contribution in [-0.4, -0.2) is 41.7 Å². The third-order valence-electron chi connectivity index (χ3n) is 5.00. The van der Waals surface area contributed by atoms with Crippen LogP contribution in [-0.2, 0) is 0 Å². The zero-order valence-corrected chi connectivity index (χ0v) is 16.5. The number of aliphatic hydroxyl groups excluding tert-OH is 1. The zero-order chi connectivity index (χ0) is 20.1.